The summed E-state index contributed by atoms with van der Waals surface area (Å²) in [4.78, 5) is 12.4. The number of anilines is 2. The maximum atomic E-state index is 12.4. The van der Waals surface area contributed by atoms with E-state index in [1.807, 2.05) is 13.0 Å². The predicted octanol–water partition coefficient (Wildman–Crippen LogP) is 3.36. The van der Waals surface area contributed by atoms with Crippen LogP contribution < -0.4 is 14.8 Å². The van der Waals surface area contributed by atoms with E-state index in [4.69, 9.17) is 16.3 Å². The smallest absolute Gasteiger partial charge is 0.255 e. The molecule has 0 fully saturated rings. The van der Waals surface area contributed by atoms with Crippen LogP contribution >= 0.6 is 11.6 Å². The van der Waals surface area contributed by atoms with Crippen molar-refractivity contribution < 1.29 is 17.9 Å². The molecule has 0 bridgehead atoms. The van der Waals surface area contributed by atoms with E-state index in [-0.39, 0.29) is 16.6 Å². The summed E-state index contributed by atoms with van der Waals surface area (Å²) in [5.74, 6) is 0.185. The van der Waals surface area contributed by atoms with Gasteiger partial charge in [-0.25, -0.2) is 8.42 Å². The number of ether oxygens (including phenoxy) is 1. The fourth-order valence-electron chi connectivity index (χ4n) is 1.98. The number of carbonyl (C=O) groups is 1. The number of para-hydroxylation sites is 2. The van der Waals surface area contributed by atoms with Gasteiger partial charge in [0.2, 0.25) is 10.0 Å². The van der Waals surface area contributed by atoms with E-state index in [0.717, 1.165) is 6.26 Å². The van der Waals surface area contributed by atoms with E-state index in [9.17, 15) is 13.2 Å². The van der Waals surface area contributed by atoms with Crippen molar-refractivity contribution in [2.24, 2.45) is 0 Å². The van der Waals surface area contributed by atoms with E-state index in [0.29, 0.717) is 23.6 Å². The quantitative estimate of drug-likeness (QED) is 0.818. The van der Waals surface area contributed by atoms with Crippen LogP contribution in [0.5, 0.6) is 5.75 Å². The minimum absolute atomic E-state index is 0.131. The first kappa shape index (κ1) is 18.1. The van der Waals surface area contributed by atoms with Gasteiger partial charge in [0.05, 0.1) is 29.3 Å². The lowest BCUT2D eigenvalue weighted by molar-refractivity contribution is 0.102. The summed E-state index contributed by atoms with van der Waals surface area (Å²) >= 11 is 6.03. The molecule has 0 heterocycles. The number of nitrogens with one attached hydrogen (secondary N) is 2. The molecule has 0 atom stereocenters. The molecule has 0 unspecified atom stereocenters. The second kappa shape index (κ2) is 7.55. The molecule has 8 heteroatoms. The van der Waals surface area contributed by atoms with Crippen LogP contribution in [0.25, 0.3) is 0 Å². The summed E-state index contributed by atoms with van der Waals surface area (Å²) in [5.41, 5.74) is 1.05. The van der Waals surface area contributed by atoms with Gasteiger partial charge >= 0.3 is 0 Å². The first-order valence-corrected chi connectivity index (χ1v) is 9.37. The minimum atomic E-state index is -3.44. The molecule has 2 rings (SSSR count). The maximum absolute atomic E-state index is 12.4. The molecule has 0 aliphatic rings. The molecule has 0 saturated heterocycles. The summed E-state index contributed by atoms with van der Waals surface area (Å²) in [6.45, 7) is 2.33. The van der Waals surface area contributed by atoms with Gasteiger partial charge in [0.25, 0.3) is 5.91 Å². The van der Waals surface area contributed by atoms with Crippen molar-refractivity contribution in [3.05, 3.63) is 53.1 Å². The lowest BCUT2D eigenvalue weighted by Gasteiger charge is -2.12. The van der Waals surface area contributed by atoms with Crippen molar-refractivity contribution >= 4 is 38.9 Å². The van der Waals surface area contributed by atoms with Crippen LogP contribution in [-0.4, -0.2) is 27.2 Å². The topological polar surface area (TPSA) is 84.5 Å². The lowest BCUT2D eigenvalue weighted by atomic mass is 10.2. The highest BCUT2D eigenvalue weighted by molar-refractivity contribution is 7.92. The fourth-order valence-corrected chi connectivity index (χ4v) is 2.85. The highest BCUT2D eigenvalue weighted by Crippen LogP contribution is 2.27. The monoisotopic (exact) mass is 368 g/mol. The Kier molecular flexibility index (Phi) is 5.69. The van der Waals surface area contributed by atoms with Crippen molar-refractivity contribution in [1.29, 1.82) is 0 Å². The Hall–Kier alpha value is -2.25. The average Bonchev–Trinajstić information content (AvgIpc) is 2.50. The van der Waals surface area contributed by atoms with Gasteiger partial charge in [-0.2, -0.15) is 0 Å². The molecule has 128 valence electrons. The van der Waals surface area contributed by atoms with E-state index in [1.165, 1.54) is 18.2 Å². The van der Waals surface area contributed by atoms with Gasteiger partial charge in [0.15, 0.2) is 0 Å². The maximum Gasteiger partial charge on any atom is 0.255 e. The molecule has 2 aromatic rings. The number of hydrogen-bond acceptors (Lipinski definition) is 4. The zero-order chi connectivity index (χ0) is 17.7. The van der Waals surface area contributed by atoms with Gasteiger partial charge in [0.1, 0.15) is 5.75 Å². The molecule has 0 aliphatic carbocycles. The fraction of sp³-hybridized carbons (Fsp3) is 0.188. The van der Waals surface area contributed by atoms with E-state index in [1.54, 1.807) is 18.2 Å². The van der Waals surface area contributed by atoms with Crippen molar-refractivity contribution in [2.75, 3.05) is 22.9 Å². The first-order chi connectivity index (χ1) is 11.3. The molecular weight excluding hydrogens is 352 g/mol. The lowest BCUT2D eigenvalue weighted by Crippen LogP contribution is -2.14. The summed E-state index contributed by atoms with van der Waals surface area (Å²) in [6, 6.07) is 11.4. The van der Waals surface area contributed by atoms with Crippen LogP contribution in [0, 0.1) is 0 Å². The Labute approximate surface area is 145 Å². The highest BCUT2D eigenvalue weighted by Gasteiger charge is 2.13. The number of benzene rings is 2. The molecule has 24 heavy (non-hydrogen) atoms. The minimum Gasteiger partial charge on any atom is -0.492 e. The molecule has 2 aromatic carbocycles. The number of amides is 1. The number of halogens is 1. The summed E-state index contributed by atoms with van der Waals surface area (Å²) < 4.78 is 30.2. The van der Waals surface area contributed by atoms with Crippen molar-refractivity contribution in [3.63, 3.8) is 0 Å². The Morgan fingerprint density at radius 2 is 1.88 bits per heavy atom. The molecule has 6 nitrogen and oxygen atoms in total. The van der Waals surface area contributed by atoms with Gasteiger partial charge in [-0.1, -0.05) is 23.7 Å². The zero-order valence-corrected chi connectivity index (χ0v) is 14.7. The van der Waals surface area contributed by atoms with Gasteiger partial charge in [-0.15, -0.1) is 0 Å². The number of sulfonamides is 1. The molecule has 0 aromatic heterocycles. The Balaban J connectivity index is 2.20. The second-order valence-electron chi connectivity index (χ2n) is 4.95. The molecule has 0 aliphatic heterocycles. The second-order valence-corrected chi connectivity index (χ2v) is 7.11. The molecule has 1 amide bonds. The molecule has 0 saturated carbocycles. The average molecular weight is 369 g/mol. The van der Waals surface area contributed by atoms with Crippen LogP contribution in [0.2, 0.25) is 5.02 Å². The first-order valence-electron chi connectivity index (χ1n) is 7.10. The third-order valence-electron chi connectivity index (χ3n) is 2.96. The number of carbonyl (C=O) groups excluding carboxylic acids is 1. The Morgan fingerprint density at radius 3 is 2.50 bits per heavy atom. The SMILES string of the molecule is CCOc1ccccc1NC(=O)c1ccc(NS(C)(=O)=O)c(Cl)c1. The van der Waals surface area contributed by atoms with Gasteiger partial charge in [-0.05, 0) is 37.3 Å². The summed E-state index contributed by atoms with van der Waals surface area (Å²) in [7, 11) is -3.44. The number of rotatable bonds is 6. The third-order valence-corrected chi connectivity index (χ3v) is 3.87. The van der Waals surface area contributed by atoms with Crippen LogP contribution in [0.1, 0.15) is 17.3 Å². The molecule has 0 radical (unpaired) electrons. The largest absolute Gasteiger partial charge is 0.492 e. The number of hydrogen-bond donors (Lipinski definition) is 2. The van der Waals surface area contributed by atoms with Crippen LogP contribution in [0.15, 0.2) is 42.5 Å². The summed E-state index contributed by atoms with van der Waals surface area (Å²) in [5, 5.41) is 2.88. The van der Waals surface area contributed by atoms with Gasteiger partial charge in [-0.3, -0.25) is 9.52 Å². The Bertz CT molecular complexity index is 853. The molecule has 2 N–H and O–H groups in total. The third kappa shape index (κ3) is 4.87. The van der Waals surface area contributed by atoms with Crippen molar-refractivity contribution in [3.8, 4) is 5.75 Å². The van der Waals surface area contributed by atoms with Crippen molar-refractivity contribution in [2.45, 2.75) is 6.92 Å². The standard InChI is InChI=1S/C16H17ClN2O4S/c1-3-23-15-7-5-4-6-14(15)18-16(20)11-8-9-13(12(17)10-11)19-24(2,21)22/h4-10,19H,3H2,1-2H3,(H,18,20). The van der Waals surface area contributed by atoms with Gasteiger partial charge < -0.3 is 10.1 Å². The summed E-state index contributed by atoms with van der Waals surface area (Å²) in [6.07, 6.45) is 1.02. The van der Waals surface area contributed by atoms with E-state index in [2.05, 4.69) is 10.0 Å². The van der Waals surface area contributed by atoms with Crippen LogP contribution in [0.4, 0.5) is 11.4 Å². The highest BCUT2D eigenvalue weighted by atomic mass is 35.5. The predicted molar refractivity (Wildman–Crippen MR) is 95.5 cm³/mol. The van der Waals surface area contributed by atoms with E-state index < -0.39 is 10.0 Å². The Morgan fingerprint density at radius 1 is 1.17 bits per heavy atom. The van der Waals surface area contributed by atoms with Gasteiger partial charge in [0, 0.05) is 5.56 Å². The molecule has 0 spiro atoms. The molecular formula is C16H17ClN2O4S. The van der Waals surface area contributed by atoms with Crippen LogP contribution in [0.3, 0.4) is 0 Å². The zero-order valence-electron chi connectivity index (χ0n) is 13.2. The normalized spacial score (nSPS) is 11.0. The van der Waals surface area contributed by atoms with E-state index >= 15 is 0 Å². The van der Waals surface area contributed by atoms with Crippen LogP contribution in [-0.2, 0) is 10.0 Å². The van der Waals surface area contributed by atoms with Crippen molar-refractivity contribution in [1.82, 2.24) is 0 Å².